The lowest BCUT2D eigenvalue weighted by molar-refractivity contribution is 0.0947. The molecule has 0 amide bonds. The molecular weight excluding hydrogens is 222 g/mol. The Morgan fingerprint density at radius 2 is 1.67 bits per heavy atom. The Morgan fingerprint density at radius 1 is 0.944 bits per heavy atom. The van der Waals surface area contributed by atoms with Crippen molar-refractivity contribution in [2.75, 3.05) is 0 Å². The van der Waals surface area contributed by atoms with Gasteiger partial charge < -0.3 is 0 Å². The van der Waals surface area contributed by atoms with Gasteiger partial charge in [0.15, 0.2) is 5.78 Å². The van der Waals surface area contributed by atoms with Crippen molar-refractivity contribution < 1.29 is 4.79 Å². The van der Waals surface area contributed by atoms with E-state index in [1.54, 1.807) is 6.20 Å². The molecule has 3 rings (SSSR count). The lowest BCUT2D eigenvalue weighted by Crippen LogP contribution is -2.23. The van der Waals surface area contributed by atoms with Gasteiger partial charge in [0.05, 0.1) is 0 Å². The number of carbonyl (C=O) groups excluding carboxylic acids is 1. The fourth-order valence-corrected chi connectivity index (χ4v) is 2.17. The normalized spacial score (nSPS) is 16.8. The maximum atomic E-state index is 12.4. The number of Topliss-reactive ketones (excluding diaryl/α,β-unsaturated/α-hetero) is 1. The highest BCUT2D eigenvalue weighted by molar-refractivity contribution is 6.01. The number of hydrogen-bond donors (Lipinski definition) is 0. The summed E-state index contributed by atoms with van der Waals surface area (Å²) in [5.74, 6) is 0.0485. The number of ketones is 1. The summed E-state index contributed by atoms with van der Waals surface area (Å²) in [6.07, 6.45) is 3.65. The highest BCUT2D eigenvalue weighted by atomic mass is 16.1. The second kappa shape index (κ2) is 4.49. The summed E-state index contributed by atoms with van der Waals surface area (Å²) in [5, 5.41) is 4.32. The molecule has 0 bridgehead atoms. The van der Waals surface area contributed by atoms with Crippen LogP contribution in [-0.2, 0) is 0 Å². The van der Waals surface area contributed by atoms with E-state index >= 15 is 0 Å². The summed E-state index contributed by atoms with van der Waals surface area (Å²) in [6, 6.07) is 16.8. The molecule has 1 unspecified atom stereocenters. The minimum Gasteiger partial charge on any atom is -0.291 e. The summed E-state index contributed by atoms with van der Waals surface area (Å²) in [6.45, 7) is 0. The van der Waals surface area contributed by atoms with Crippen LogP contribution in [0.15, 0.2) is 60.8 Å². The molecule has 1 radical (unpaired) electrons. The van der Waals surface area contributed by atoms with Gasteiger partial charge >= 0.3 is 0 Å². The van der Waals surface area contributed by atoms with Crippen molar-refractivity contribution in [2.24, 2.45) is 0 Å². The largest absolute Gasteiger partial charge is 0.291 e. The van der Waals surface area contributed by atoms with E-state index in [9.17, 15) is 4.79 Å². The van der Waals surface area contributed by atoms with E-state index in [1.807, 2.05) is 60.7 Å². The van der Waals surface area contributed by atoms with Gasteiger partial charge in [-0.3, -0.25) is 10.1 Å². The molecule has 0 aliphatic carbocycles. The van der Waals surface area contributed by atoms with Gasteiger partial charge in [-0.2, -0.15) is 0 Å². The monoisotopic (exact) mass is 234 g/mol. The van der Waals surface area contributed by atoms with Crippen LogP contribution in [0.2, 0.25) is 0 Å². The Morgan fingerprint density at radius 3 is 2.50 bits per heavy atom. The minimum atomic E-state index is -0.409. The van der Waals surface area contributed by atoms with Crippen molar-refractivity contribution in [3.63, 3.8) is 0 Å². The molecule has 0 saturated heterocycles. The molecule has 0 spiro atoms. The van der Waals surface area contributed by atoms with Crippen molar-refractivity contribution >= 4 is 11.9 Å². The zero-order valence-electron chi connectivity index (χ0n) is 9.78. The number of nitrogens with zero attached hydrogens (tertiary/aromatic N) is 1. The molecular formula is C16H12NO. The summed E-state index contributed by atoms with van der Waals surface area (Å²) in [4.78, 5) is 12.4. The molecule has 0 saturated carbocycles. The highest BCUT2D eigenvalue weighted by Gasteiger charge is 2.25. The van der Waals surface area contributed by atoms with Crippen LogP contribution >= 0.6 is 0 Å². The lowest BCUT2D eigenvalue weighted by atomic mass is 9.92. The van der Waals surface area contributed by atoms with Crippen LogP contribution in [0.4, 0.5) is 0 Å². The van der Waals surface area contributed by atoms with Crippen LogP contribution in [0.5, 0.6) is 0 Å². The van der Waals surface area contributed by atoms with Crippen molar-refractivity contribution in [2.45, 2.75) is 6.04 Å². The van der Waals surface area contributed by atoms with Gasteiger partial charge in [-0.1, -0.05) is 54.6 Å². The van der Waals surface area contributed by atoms with E-state index in [4.69, 9.17) is 0 Å². The zero-order valence-corrected chi connectivity index (χ0v) is 9.78. The van der Waals surface area contributed by atoms with Gasteiger partial charge in [0.25, 0.3) is 0 Å². The van der Waals surface area contributed by atoms with Crippen LogP contribution < -0.4 is 5.32 Å². The predicted octanol–water partition coefficient (Wildman–Crippen LogP) is 3.20. The van der Waals surface area contributed by atoms with Crippen LogP contribution in [0.25, 0.3) is 6.08 Å². The molecule has 2 heteroatoms. The molecule has 2 aromatic rings. The van der Waals surface area contributed by atoms with Gasteiger partial charge in [-0.05, 0) is 17.2 Å². The third-order valence-corrected chi connectivity index (χ3v) is 3.09. The van der Waals surface area contributed by atoms with Crippen LogP contribution in [0.1, 0.15) is 27.5 Å². The standard InChI is InChI=1S/C16H12NO/c18-16(13-7-2-1-3-8-13)15-14-9-5-4-6-12(14)10-11-17-15/h1-11,15H. The summed E-state index contributed by atoms with van der Waals surface area (Å²) < 4.78 is 0. The first-order valence-electron chi connectivity index (χ1n) is 5.91. The fraction of sp³-hybridized carbons (Fsp3) is 0.0625. The number of hydrogen-bond acceptors (Lipinski definition) is 1. The topological polar surface area (TPSA) is 31.2 Å². The maximum Gasteiger partial charge on any atom is 0.191 e. The molecule has 1 aliphatic rings. The van der Waals surface area contributed by atoms with Gasteiger partial charge in [-0.15, -0.1) is 0 Å². The van der Waals surface area contributed by atoms with Gasteiger partial charge in [0.1, 0.15) is 6.04 Å². The number of benzene rings is 2. The Kier molecular flexibility index (Phi) is 2.69. The molecule has 0 N–H and O–H groups in total. The summed E-state index contributed by atoms with van der Waals surface area (Å²) >= 11 is 0. The average molecular weight is 234 g/mol. The SMILES string of the molecule is O=C(c1ccccc1)C1[N]C=Cc2ccccc21. The van der Waals surface area contributed by atoms with Crippen LogP contribution in [-0.4, -0.2) is 5.78 Å². The second-order valence-electron chi connectivity index (χ2n) is 4.23. The van der Waals surface area contributed by atoms with E-state index < -0.39 is 6.04 Å². The molecule has 18 heavy (non-hydrogen) atoms. The fourth-order valence-electron chi connectivity index (χ4n) is 2.17. The third-order valence-electron chi connectivity index (χ3n) is 3.09. The number of fused-ring (bicyclic) bond motifs is 1. The molecule has 0 aromatic heterocycles. The average Bonchev–Trinajstić information content (AvgIpc) is 2.47. The molecule has 1 atom stereocenters. The molecule has 2 aromatic carbocycles. The van der Waals surface area contributed by atoms with Crippen molar-refractivity contribution in [1.29, 1.82) is 0 Å². The Bertz CT molecular complexity index is 602. The van der Waals surface area contributed by atoms with Gasteiger partial charge in [-0.25, -0.2) is 0 Å². The zero-order chi connectivity index (χ0) is 12.4. The molecule has 0 fully saturated rings. The Hall–Kier alpha value is -2.35. The Labute approximate surface area is 106 Å². The quantitative estimate of drug-likeness (QED) is 0.734. The van der Waals surface area contributed by atoms with Crippen molar-refractivity contribution in [3.8, 4) is 0 Å². The molecule has 2 nitrogen and oxygen atoms in total. The first-order chi connectivity index (χ1) is 8.86. The van der Waals surface area contributed by atoms with E-state index in [0.717, 1.165) is 11.1 Å². The molecule has 1 heterocycles. The Balaban J connectivity index is 2.00. The van der Waals surface area contributed by atoms with E-state index in [0.29, 0.717) is 5.56 Å². The molecule has 87 valence electrons. The lowest BCUT2D eigenvalue weighted by Gasteiger charge is -2.20. The summed E-state index contributed by atoms with van der Waals surface area (Å²) in [5.41, 5.74) is 2.76. The van der Waals surface area contributed by atoms with E-state index in [2.05, 4.69) is 5.32 Å². The smallest absolute Gasteiger partial charge is 0.191 e. The van der Waals surface area contributed by atoms with Crippen molar-refractivity contribution in [1.82, 2.24) is 5.32 Å². The van der Waals surface area contributed by atoms with Crippen LogP contribution in [0.3, 0.4) is 0 Å². The van der Waals surface area contributed by atoms with Crippen LogP contribution in [0, 0.1) is 0 Å². The first-order valence-corrected chi connectivity index (χ1v) is 5.91. The predicted molar refractivity (Wildman–Crippen MR) is 71.1 cm³/mol. The van der Waals surface area contributed by atoms with E-state index in [1.165, 1.54) is 0 Å². The number of carbonyl (C=O) groups is 1. The number of rotatable bonds is 2. The van der Waals surface area contributed by atoms with Crippen molar-refractivity contribution in [3.05, 3.63) is 77.5 Å². The molecule has 1 aliphatic heterocycles. The summed E-state index contributed by atoms with van der Waals surface area (Å²) in [7, 11) is 0. The van der Waals surface area contributed by atoms with Gasteiger partial charge in [0, 0.05) is 11.8 Å². The minimum absolute atomic E-state index is 0.0485. The maximum absolute atomic E-state index is 12.4. The first kappa shape index (κ1) is 10.8. The highest BCUT2D eigenvalue weighted by Crippen LogP contribution is 2.27. The van der Waals surface area contributed by atoms with Gasteiger partial charge in [0.2, 0.25) is 0 Å². The third kappa shape index (κ3) is 1.82. The second-order valence-corrected chi connectivity index (χ2v) is 4.23. The van der Waals surface area contributed by atoms with E-state index in [-0.39, 0.29) is 5.78 Å².